The Balaban J connectivity index is 1.71. The Labute approximate surface area is 204 Å². The van der Waals surface area contributed by atoms with E-state index in [1.54, 1.807) is 45.1 Å². The molecule has 0 aromatic heterocycles. The molecule has 192 valence electrons. The standard InChI is InChI=1S/C24H39N3O6S/c1-18-15-22(32-5)16-19(2)23(18)34(29,30)27-10-6-7-21(27)17-33-24(28)26(13-14-31-4)20-8-11-25(3)12-9-20/h15-16,20-21H,6-14,17H2,1-5H3/t21-/m0/s1. The molecule has 2 fully saturated rings. The lowest BCUT2D eigenvalue weighted by Crippen LogP contribution is -2.48. The molecule has 0 saturated carbocycles. The molecular weight excluding hydrogens is 458 g/mol. The minimum Gasteiger partial charge on any atom is -0.497 e. The van der Waals surface area contributed by atoms with Gasteiger partial charge in [-0.15, -0.1) is 0 Å². The number of likely N-dealkylation sites (tertiary alicyclic amines) is 1. The van der Waals surface area contributed by atoms with Crippen molar-refractivity contribution < 1.29 is 27.4 Å². The van der Waals surface area contributed by atoms with E-state index in [1.807, 2.05) is 0 Å². The molecule has 0 unspecified atom stereocenters. The van der Waals surface area contributed by atoms with Crippen molar-refractivity contribution in [1.82, 2.24) is 14.1 Å². The summed E-state index contributed by atoms with van der Waals surface area (Å²) in [5.41, 5.74) is 1.29. The van der Waals surface area contributed by atoms with Gasteiger partial charge < -0.3 is 24.0 Å². The van der Waals surface area contributed by atoms with Crippen LogP contribution < -0.4 is 4.74 Å². The first kappa shape index (κ1) is 26.7. The van der Waals surface area contributed by atoms with Crippen molar-refractivity contribution in [1.29, 1.82) is 0 Å². The number of hydrogen-bond donors (Lipinski definition) is 0. The van der Waals surface area contributed by atoms with Crippen molar-refractivity contribution in [3.63, 3.8) is 0 Å². The zero-order valence-electron chi connectivity index (χ0n) is 21.1. The van der Waals surface area contributed by atoms with Gasteiger partial charge in [-0.2, -0.15) is 4.31 Å². The van der Waals surface area contributed by atoms with Crippen LogP contribution in [0.1, 0.15) is 36.8 Å². The third kappa shape index (κ3) is 6.02. The predicted octanol–water partition coefficient (Wildman–Crippen LogP) is 2.64. The number of piperidine rings is 1. The highest BCUT2D eigenvalue weighted by Gasteiger charge is 2.38. The topological polar surface area (TPSA) is 88.6 Å². The third-order valence-electron chi connectivity index (χ3n) is 6.86. The minimum atomic E-state index is -3.74. The molecule has 9 nitrogen and oxygen atoms in total. The second kappa shape index (κ2) is 11.7. The molecule has 2 aliphatic heterocycles. The summed E-state index contributed by atoms with van der Waals surface area (Å²) in [6.07, 6.45) is 2.77. The number of carbonyl (C=O) groups excluding carboxylic acids is 1. The maximum atomic E-state index is 13.6. The van der Waals surface area contributed by atoms with Crippen molar-refractivity contribution in [2.24, 2.45) is 0 Å². The van der Waals surface area contributed by atoms with Gasteiger partial charge in [-0.25, -0.2) is 13.2 Å². The summed E-state index contributed by atoms with van der Waals surface area (Å²) in [6.45, 7) is 6.76. The van der Waals surface area contributed by atoms with E-state index < -0.39 is 16.1 Å². The highest BCUT2D eigenvalue weighted by Crippen LogP contribution is 2.32. The predicted molar refractivity (Wildman–Crippen MR) is 130 cm³/mol. The van der Waals surface area contributed by atoms with Gasteiger partial charge in [0.1, 0.15) is 12.4 Å². The van der Waals surface area contributed by atoms with Gasteiger partial charge in [-0.1, -0.05) is 0 Å². The van der Waals surface area contributed by atoms with Crippen LogP contribution >= 0.6 is 0 Å². The number of benzene rings is 1. The molecule has 34 heavy (non-hydrogen) atoms. The van der Waals surface area contributed by atoms with Crippen LogP contribution in [-0.4, -0.2) is 101 Å². The van der Waals surface area contributed by atoms with Crippen LogP contribution in [0.5, 0.6) is 5.75 Å². The number of rotatable bonds is 9. The highest BCUT2D eigenvalue weighted by molar-refractivity contribution is 7.89. The molecule has 1 aromatic carbocycles. The van der Waals surface area contributed by atoms with Crippen molar-refractivity contribution >= 4 is 16.1 Å². The molecule has 2 saturated heterocycles. The van der Waals surface area contributed by atoms with Crippen molar-refractivity contribution in [3.8, 4) is 5.75 Å². The van der Waals surface area contributed by atoms with Crippen LogP contribution in [0.3, 0.4) is 0 Å². The average Bonchev–Trinajstić information content (AvgIpc) is 3.28. The quantitative estimate of drug-likeness (QED) is 0.518. The molecule has 0 radical (unpaired) electrons. The smallest absolute Gasteiger partial charge is 0.410 e. The van der Waals surface area contributed by atoms with E-state index in [-0.39, 0.29) is 18.7 Å². The van der Waals surface area contributed by atoms with E-state index in [9.17, 15) is 13.2 Å². The summed E-state index contributed by atoms with van der Waals surface area (Å²) < 4.78 is 44.9. The first-order chi connectivity index (χ1) is 16.2. The first-order valence-corrected chi connectivity index (χ1v) is 13.4. The Bertz CT molecular complexity index is 923. The summed E-state index contributed by atoms with van der Waals surface area (Å²) >= 11 is 0. The van der Waals surface area contributed by atoms with Crippen LogP contribution in [0.4, 0.5) is 4.79 Å². The zero-order valence-corrected chi connectivity index (χ0v) is 21.9. The molecule has 2 heterocycles. The van der Waals surface area contributed by atoms with Crippen LogP contribution in [0.2, 0.25) is 0 Å². The van der Waals surface area contributed by atoms with Gasteiger partial charge in [0.25, 0.3) is 0 Å². The van der Waals surface area contributed by atoms with Gasteiger partial charge in [0.05, 0.1) is 24.7 Å². The van der Waals surface area contributed by atoms with Gasteiger partial charge in [-0.05, 0) is 82.9 Å². The summed E-state index contributed by atoms with van der Waals surface area (Å²) in [6, 6.07) is 3.20. The third-order valence-corrected chi connectivity index (χ3v) is 9.12. The SMILES string of the molecule is COCCN(C(=O)OC[C@@H]1CCCN1S(=O)(=O)c1c(C)cc(OC)cc1C)C1CCN(C)CC1. The molecule has 0 aliphatic carbocycles. The molecule has 0 N–H and O–H groups in total. The number of nitrogens with zero attached hydrogens (tertiary/aromatic N) is 3. The molecule has 2 aliphatic rings. The lowest BCUT2D eigenvalue weighted by molar-refractivity contribution is 0.0465. The maximum absolute atomic E-state index is 13.6. The number of hydrogen-bond acceptors (Lipinski definition) is 7. The van der Waals surface area contributed by atoms with Crippen LogP contribution in [-0.2, 0) is 19.5 Å². The number of aryl methyl sites for hydroxylation is 2. The minimum absolute atomic E-state index is 0.0441. The maximum Gasteiger partial charge on any atom is 0.410 e. The van der Waals surface area contributed by atoms with Gasteiger partial charge in [-0.3, -0.25) is 0 Å². The Kier molecular flexibility index (Phi) is 9.20. The molecule has 1 amide bonds. The Hall–Kier alpha value is -1.88. The molecule has 3 rings (SSSR count). The number of sulfonamides is 1. The van der Waals surface area contributed by atoms with Crippen molar-refractivity contribution in [2.45, 2.75) is 56.5 Å². The number of methoxy groups -OCH3 is 2. The zero-order chi connectivity index (χ0) is 24.9. The molecule has 0 spiro atoms. The van der Waals surface area contributed by atoms with Crippen molar-refractivity contribution in [3.05, 3.63) is 23.3 Å². The Morgan fingerprint density at radius 3 is 2.32 bits per heavy atom. The molecule has 1 aromatic rings. The number of amides is 1. The monoisotopic (exact) mass is 497 g/mol. The van der Waals surface area contributed by atoms with E-state index in [2.05, 4.69) is 11.9 Å². The fourth-order valence-electron chi connectivity index (χ4n) is 5.01. The highest BCUT2D eigenvalue weighted by atomic mass is 32.2. The Morgan fingerprint density at radius 2 is 1.74 bits per heavy atom. The molecule has 0 bridgehead atoms. The lowest BCUT2D eigenvalue weighted by atomic mass is 10.0. The van der Waals surface area contributed by atoms with Gasteiger partial charge in [0, 0.05) is 26.2 Å². The lowest BCUT2D eigenvalue weighted by Gasteiger charge is -2.37. The van der Waals surface area contributed by atoms with E-state index >= 15 is 0 Å². The van der Waals surface area contributed by atoms with Crippen molar-refractivity contribution in [2.75, 3.05) is 60.7 Å². The van der Waals surface area contributed by atoms with E-state index in [0.29, 0.717) is 47.9 Å². The largest absolute Gasteiger partial charge is 0.497 e. The number of ether oxygens (including phenoxy) is 3. The molecule has 1 atom stereocenters. The van der Waals surface area contributed by atoms with E-state index in [0.717, 1.165) is 32.4 Å². The van der Waals surface area contributed by atoms with Gasteiger partial charge in [0.15, 0.2) is 0 Å². The van der Waals surface area contributed by atoms with E-state index in [4.69, 9.17) is 14.2 Å². The summed E-state index contributed by atoms with van der Waals surface area (Å²) in [7, 11) is 1.52. The molecular formula is C24H39N3O6S. The van der Waals surface area contributed by atoms with Crippen LogP contribution in [0, 0.1) is 13.8 Å². The first-order valence-electron chi connectivity index (χ1n) is 12.0. The van der Waals surface area contributed by atoms with Crippen LogP contribution in [0.25, 0.3) is 0 Å². The fourth-order valence-corrected chi connectivity index (χ4v) is 7.11. The number of carbonyl (C=O) groups is 1. The molecule has 10 heteroatoms. The van der Waals surface area contributed by atoms with E-state index in [1.165, 1.54) is 4.31 Å². The summed E-state index contributed by atoms with van der Waals surface area (Å²) in [5.74, 6) is 0.630. The van der Waals surface area contributed by atoms with Gasteiger partial charge in [0.2, 0.25) is 10.0 Å². The average molecular weight is 498 g/mol. The Morgan fingerprint density at radius 1 is 1.09 bits per heavy atom. The second-order valence-electron chi connectivity index (χ2n) is 9.30. The fraction of sp³-hybridized carbons (Fsp3) is 0.708. The summed E-state index contributed by atoms with van der Waals surface area (Å²) in [5, 5.41) is 0. The summed E-state index contributed by atoms with van der Waals surface area (Å²) in [4.78, 5) is 17.4. The van der Waals surface area contributed by atoms with Gasteiger partial charge >= 0.3 is 6.09 Å². The normalized spacial score (nSPS) is 20.4. The van der Waals surface area contributed by atoms with Crippen LogP contribution in [0.15, 0.2) is 17.0 Å². The second-order valence-corrected chi connectivity index (χ2v) is 11.1.